The van der Waals surface area contributed by atoms with E-state index < -0.39 is 0 Å². The molecule has 3 aliphatic rings. The summed E-state index contributed by atoms with van der Waals surface area (Å²) in [6.07, 6.45) is 5.70. The van der Waals surface area contributed by atoms with Gasteiger partial charge >= 0.3 is 0 Å². The van der Waals surface area contributed by atoms with Crippen LogP contribution in [0.2, 0.25) is 0 Å². The van der Waals surface area contributed by atoms with E-state index in [0.29, 0.717) is 5.54 Å². The van der Waals surface area contributed by atoms with Gasteiger partial charge in [0.15, 0.2) is 0 Å². The minimum absolute atomic E-state index is 0.511. The molecule has 1 spiro atoms. The van der Waals surface area contributed by atoms with E-state index >= 15 is 0 Å². The van der Waals surface area contributed by atoms with Gasteiger partial charge in [-0.1, -0.05) is 6.92 Å². The van der Waals surface area contributed by atoms with Crippen LogP contribution in [0.1, 0.15) is 32.6 Å². The monoisotopic (exact) mass is 237 g/mol. The summed E-state index contributed by atoms with van der Waals surface area (Å²) in [6.45, 7) is 8.65. The van der Waals surface area contributed by atoms with Gasteiger partial charge < -0.3 is 10.2 Å². The number of piperazine rings is 2. The standard InChI is InChI=1S/C14H27N3/c1-12-3-5-14(6-4-12)11-15-9-13-10-16(2)7-8-17(13)14/h12-13,15H,3-11H2,1-2H3. The summed E-state index contributed by atoms with van der Waals surface area (Å²) in [5, 5.41) is 3.71. The van der Waals surface area contributed by atoms with Gasteiger partial charge in [0.2, 0.25) is 0 Å². The highest BCUT2D eigenvalue weighted by Gasteiger charge is 2.46. The molecule has 0 amide bonds. The van der Waals surface area contributed by atoms with Gasteiger partial charge in [-0.2, -0.15) is 0 Å². The Kier molecular flexibility index (Phi) is 3.18. The van der Waals surface area contributed by atoms with Crippen LogP contribution in [0, 0.1) is 5.92 Å². The maximum atomic E-state index is 3.71. The average molecular weight is 237 g/mol. The number of hydrogen-bond acceptors (Lipinski definition) is 3. The summed E-state index contributed by atoms with van der Waals surface area (Å²) in [6, 6.07) is 0.760. The fourth-order valence-corrected chi connectivity index (χ4v) is 4.15. The van der Waals surface area contributed by atoms with Crippen molar-refractivity contribution in [3.8, 4) is 0 Å². The zero-order valence-corrected chi connectivity index (χ0v) is 11.4. The molecule has 0 aromatic carbocycles. The van der Waals surface area contributed by atoms with Crippen LogP contribution in [-0.2, 0) is 0 Å². The molecular formula is C14H27N3. The predicted octanol–water partition coefficient (Wildman–Crippen LogP) is 1.15. The van der Waals surface area contributed by atoms with E-state index in [-0.39, 0.29) is 0 Å². The van der Waals surface area contributed by atoms with E-state index in [9.17, 15) is 0 Å². The summed E-state index contributed by atoms with van der Waals surface area (Å²) >= 11 is 0. The first kappa shape index (κ1) is 11.9. The molecule has 3 fully saturated rings. The van der Waals surface area contributed by atoms with Crippen molar-refractivity contribution in [2.45, 2.75) is 44.2 Å². The highest BCUT2D eigenvalue weighted by Crippen LogP contribution is 2.39. The highest BCUT2D eigenvalue weighted by atomic mass is 15.4. The summed E-state index contributed by atoms with van der Waals surface area (Å²) < 4.78 is 0. The molecular weight excluding hydrogens is 210 g/mol. The lowest BCUT2D eigenvalue weighted by atomic mass is 9.74. The van der Waals surface area contributed by atoms with Gasteiger partial charge in [-0.05, 0) is 38.6 Å². The van der Waals surface area contributed by atoms with E-state index in [1.54, 1.807) is 0 Å². The van der Waals surface area contributed by atoms with Crippen molar-refractivity contribution in [2.24, 2.45) is 5.92 Å². The Balaban J connectivity index is 1.75. The van der Waals surface area contributed by atoms with Crippen molar-refractivity contribution in [1.29, 1.82) is 0 Å². The van der Waals surface area contributed by atoms with E-state index in [2.05, 4.69) is 29.1 Å². The van der Waals surface area contributed by atoms with E-state index in [1.807, 2.05) is 0 Å². The smallest absolute Gasteiger partial charge is 0.0354 e. The summed E-state index contributed by atoms with van der Waals surface area (Å²) in [5.74, 6) is 0.952. The maximum absolute atomic E-state index is 3.71. The highest BCUT2D eigenvalue weighted by molar-refractivity contribution is 5.04. The molecule has 1 atom stereocenters. The van der Waals surface area contributed by atoms with Crippen LogP contribution in [-0.4, -0.2) is 61.2 Å². The summed E-state index contributed by atoms with van der Waals surface area (Å²) in [5.41, 5.74) is 0.511. The van der Waals surface area contributed by atoms with Crippen molar-refractivity contribution in [3.63, 3.8) is 0 Å². The lowest BCUT2D eigenvalue weighted by Gasteiger charge is -2.57. The van der Waals surface area contributed by atoms with Crippen LogP contribution in [0.5, 0.6) is 0 Å². The minimum atomic E-state index is 0.511. The van der Waals surface area contributed by atoms with Crippen molar-refractivity contribution in [2.75, 3.05) is 39.8 Å². The van der Waals surface area contributed by atoms with Crippen LogP contribution in [0.15, 0.2) is 0 Å². The van der Waals surface area contributed by atoms with Gasteiger partial charge in [0.1, 0.15) is 0 Å². The molecule has 2 heterocycles. The lowest BCUT2D eigenvalue weighted by Crippen LogP contribution is -2.71. The Morgan fingerprint density at radius 2 is 1.94 bits per heavy atom. The van der Waals surface area contributed by atoms with Gasteiger partial charge in [0.25, 0.3) is 0 Å². The number of nitrogens with one attached hydrogen (secondary N) is 1. The number of nitrogens with zero attached hydrogens (tertiary/aromatic N) is 2. The van der Waals surface area contributed by atoms with Crippen molar-refractivity contribution >= 4 is 0 Å². The molecule has 98 valence electrons. The molecule has 0 bridgehead atoms. The molecule has 3 heteroatoms. The van der Waals surface area contributed by atoms with Crippen molar-refractivity contribution < 1.29 is 0 Å². The molecule has 3 rings (SSSR count). The van der Waals surface area contributed by atoms with Gasteiger partial charge in [-0.15, -0.1) is 0 Å². The molecule has 3 nitrogen and oxygen atoms in total. The van der Waals surface area contributed by atoms with Gasteiger partial charge in [0.05, 0.1) is 0 Å². The van der Waals surface area contributed by atoms with Crippen LogP contribution < -0.4 is 5.32 Å². The molecule has 2 saturated heterocycles. The number of rotatable bonds is 0. The van der Waals surface area contributed by atoms with Crippen molar-refractivity contribution in [3.05, 3.63) is 0 Å². The second-order valence-electron chi connectivity index (χ2n) is 6.65. The quantitative estimate of drug-likeness (QED) is 0.682. The minimum Gasteiger partial charge on any atom is -0.313 e. The molecule has 1 aliphatic carbocycles. The number of hydrogen-bond donors (Lipinski definition) is 1. The zero-order valence-electron chi connectivity index (χ0n) is 11.4. The Labute approximate surface area is 106 Å². The van der Waals surface area contributed by atoms with E-state index in [4.69, 9.17) is 0 Å². The second kappa shape index (κ2) is 4.52. The Bertz CT molecular complexity index is 271. The van der Waals surface area contributed by atoms with Gasteiger partial charge in [-0.25, -0.2) is 0 Å². The Hall–Kier alpha value is -0.120. The van der Waals surface area contributed by atoms with Crippen LogP contribution >= 0.6 is 0 Å². The fraction of sp³-hybridized carbons (Fsp3) is 1.00. The lowest BCUT2D eigenvalue weighted by molar-refractivity contribution is -0.0549. The normalized spacial score (nSPS) is 44.8. The molecule has 2 aliphatic heterocycles. The van der Waals surface area contributed by atoms with E-state index in [1.165, 1.54) is 58.4 Å². The fourth-order valence-electron chi connectivity index (χ4n) is 4.15. The van der Waals surface area contributed by atoms with Crippen LogP contribution in [0.4, 0.5) is 0 Å². The zero-order chi connectivity index (χ0) is 11.9. The predicted molar refractivity (Wildman–Crippen MR) is 71.2 cm³/mol. The maximum Gasteiger partial charge on any atom is 0.0354 e. The Morgan fingerprint density at radius 3 is 2.71 bits per heavy atom. The third-order valence-corrected chi connectivity index (χ3v) is 5.33. The van der Waals surface area contributed by atoms with Crippen molar-refractivity contribution in [1.82, 2.24) is 15.1 Å². The first-order valence-corrected chi connectivity index (χ1v) is 7.36. The van der Waals surface area contributed by atoms with Crippen LogP contribution in [0.25, 0.3) is 0 Å². The number of likely N-dealkylation sites (N-methyl/N-ethyl adjacent to an activating group) is 1. The molecule has 0 aromatic heterocycles. The van der Waals surface area contributed by atoms with E-state index in [0.717, 1.165) is 12.0 Å². The molecule has 1 saturated carbocycles. The van der Waals surface area contributed by atoms with Gasteiger partial charge in [0, 0.05) is 44.3 Å². The van der Waals surface area contributed by atoms with Crippen LogP contribution in [0.3, 0.4) is 0 Å². The first-order valence-electron chi connectivity index (χ1n) is 7.36. The first-order chi connectivity index (χ1) is 8.20. The van der Waals surface area contributed by atoms with Gasteiger partial charge in [-0.3, -0.25) is 4.90 Å². The summed E-state index contributed by atoms with van der Waals surface area (Å²) in [4.78, 5) is 5.36. The molecule has 17 heavy (non-hydrogen) atoms. The average Bonchev–Trinajstić information content (AvgIpc) is 2.33. The SMILES string of the molecule is CC1CCC2(CC1)CNCC1CN(C)CCN12. The molecule has 1 unspecified atom stereocenters. The molecule has 1 N–H and O–H groups in total. The number of fused-ring (bicyclic) bond motifs is 2. The third kappa shape index (κ3) is 2.13. The molecule has 0 radical (unpaired) electrons. The topological polar surface area (TPSA) is 18.5 Å². The summed E-state index contributed by atoms with van der Waals surface area (Å²) in [7, 11) is 2.27. The second-order valence-corrected chi connectivity index (χ2v) is 6.65. The largest absolute Gasteiger partial charge is 0.313 e. The third-order valence-electron chi connectivity index (χ3n) is 5.33. The molecule has 0 aromatic rings. The Morgan fingerprint density at radius 1 is 1.18 bits per heavy atom.